The van der Waals surface area contributed by atoms with Crippen LogP contribution >= 0.6 is 7.60 Å². The van der Waals surface area contributed by atoms with Crippen LogP contribution in [-0.4, -0.2) is 35.9 Å². The number of halogens is 6. The summed E-state index contributed by atoms with van der Waals surface area (Å²) in [5.41, 5.74) is 0.303. The van der Waals surface area contributed by atoms with Gasteiger partial charge in [-0.15, -0.1) is 0 Å². The molecular formula is C17H22F6NO5P. The van der Waals surface area contributed by atoms with E-state index < -0.39 is 50.1 Å². The molecule has 0 saturated carbocycles. The van der Waals surface area contributed by atoms with Crippen molar-refractivity contribution < 1.29 is 49.5 Å². The zero-order valence-corrected chi connectivity index (χ0v) is 17.4. The van der Waals surface area contributed by atoms with Gasteiger partial charge in [0.2, 0.25) is 0 Å². The van der Waals surface area contributed by atoms with Crippen LogP contribution < -0.4 is 5.32 Å². The highest BCUT2D eigenvalue weighted by Gasteiger charge is 2.83. The van der Waals surface area contributed by atoms with Gasteiger partial charge >= 0.3 is 31.3 Å². The van der Waals surface area contributed by atoms with Crippen LogP contribution in [0.1, 0.15) is 33.3 Å². The fourth-order valence-electron chi connectivity index (χ4n) is 2.33. The molecule has 0 radical (unpaired) electrons. The van der Waals surface area contributed by atoms with Crippen LogP contribution in [0.2, 0.25) is 0 Å². The second-order valence-electron chi connectivity index (χ2n) is 6.70. The second-order valence-corrected chi connectivity index (χ2v) is 8.79. The Bertz CT molecular complexity index is 723. The van der Waals surface area contributed by atoms with Crippen LogP contribution in [0, 0.1) is 0 Å². The number of hydrogen-bond acceptors (Lipinski definition) is 5. The van der Waals surface area contributed by atoms with Crippen molar-refractivity contribution in [2.75, 3.05) is 0 Å². The molecule has 0 heterocycles. The number of ether oxygens (including phenoxy) is 1. The van der Waals surface area contributed by atoms with E-state index in [1.54, 1.807) is 6.07 Å². The van der Waals surface area contributed by atoms with Gasteiger partial charge in [-0.25, -0.2) is 4.79 Å². The van der Waals surface area contributed by atoms with Crippen molar-refractivity contribution in [1.29, 1.82) is 0 Å². The van der Waals surface area contributed by atoms with Gasteiger partial charge in [-0.2, -0.15) is 26.3 Å². The fraction of sp³-hybridized carbons (Fsp3) is 0.588. The van der Waals surface area contributed by atoms with Crippen molar-refractivity contribution in [3.05, 3.63) is 35.9 Å². The molecule has 0 bridgehead atoms. The van der Waals surface area contributed by atoms with Crippen molar-refractivity contribution in [1.82, 2.24) is 5.32 Å². The van der Waals surface area contributed by atoms with E-state index in [9.17, 15) is 35.7 Å². The Kier molecular flexibility index (Phi) is 8.38. The van der Waals surface area contributed by atoms with Gasteiger partial charge in [-0.1, -0.05) is 30.3 Å². The normalized spacial score (nSPS) is 13.6. The summed E-state index contributed by atoms with van der Waals surface area (Å²) in [7, 11) is -6.13. The third-order valence-electron chi connectivity index (χ3n) is 3.43. The van der Waals surface area contributed by atoms with Crippen LogP contribution in [0.15, 0.2) is 30.3 Å². The molecule has 0 spiro atoms. The maximum Gasteiger partial charge on any atom is 0.432 e. The van der Waals surface area contributed by atoms with Crippen molar-refractivity contribution >= 4 is 13.7 Å². The first kappa shape index (κ1) is 26.3. The van der Waals surface area contributed by atoms with E-state index in [-0.39, 0.29) is 0 Å². The molecule has 1 rings (SSSR count). The van der Waals surface area contributed by atoms with Crippen molar-refractivity contribution in [2.24, 2.45) is 0 Å². The summed E-state index contributed by atoms with van der Waals surface area (Å²) < 4.78 is 110. The van der Waals surface area contributed by atoms with E-state index in [0.29, 0.717) is 10.9 Å². The second kappa shape index (κ2) is 9.57. The monoisotopic (exact) mass is 465 g/mol. The maximum atomic E-state index is 13.9. The molecule has 1 N–H and O–H groups in total. The molecule has 0 unspecified atom stereocenters. The van der Waals surface area contributed by atoms with E-state index in [1.165, 1.54) is 24.3 Å². The van der Waals surface area contributed by atoms with E-state index in [1.807, 2.05) is 0 Å². The van der Waals surface area contributed by atoms with Gasteiger partial charge in [0.05, 0.1) is 12.2 Å². The van der Waals surface area contributed by atoms with Crippen LogP contribution in [0.4, 0.5) is 31.1 Å². The number of carbonyl (C=O) groups excluding carboxylic acids is 1. The standard InChI is InChI=1S/C17H22F6NO5P/c1-11(2)28-30(26,29-12(3)4)15(16(18,19)20,17(21,22)23)24-14(25)27-10-13-8-6-5-7-9-13/h5-9,11-12H,10H2,1-4H3,(H,24,25). The van der Waals surface area contributed by atoms with Gasteiger partial charge in [0.1, 0.15) is 6.61 Å². The van der Waals surface area contributed by atoms with Crippen LogP contribution in [0.5, 0.6) is 0 Å². The zero-order chi connectivity index (χ0) is 23.4. The van der Waals surface area contributed by atoms with Crippen molar-refractivity contribution in [3.63, 3.8) is 0 Å². The molecular weight excluding hydrogens is 443 g/mol. The van der Waals surface area contributed by atoms with Crippen LogP contribution in [-0.2, 0) is 25.0 Å². The number of benzene rings is 1. The van der Waals surface area contributed by atoms with Crippen LogP contribution in [0.25, 0.3) is 0 Å². The minimum Gasteiger partial charge on any atom is -0.445 e. The minimum absolute atomic E-state index is 0.303. The Morgan fingerprint density at radius 1 is 0.933 bits per heavy atom. The highest BCUT2D eigenvalue weighted by molar-refractivity contribution is 7.55. The van der Waals surface area contributed by atoms with E-state index in [0.717, 1.165) is 27.7 Å². The van der Waals surface area contributed by atoms with Crippen molar-refractivity contribution in [3.8, 4) is 0 Å². The number of amides is 1. The lowest BCUT2D eigenvalue weighted by molar-refractivity contribution is -0.280. The topological polar surface area (TPSA) is 73.9 Å². The van der Waals surface area contributed by atoms with E-state index >= 15 is 0 Å². The summed E-state index contributed by atoms with van der Waals surface area (Å²) >= 11 is 0. The third-order valence-corrected chi connectivity index (χ3v) is 6.27. The number of nitrogens with one attached hydrogen (secondary N) is 1. The number of alkyl carbamates (subject to hydrolysis) is 1. The van der Waals surface area contributed by atoms with Crippen LogP contribution in [0.3, 0.4) is 0 Å². The summed E-state index contributed by atoms with van der Waals surface area (Å²) in [5, 5.41) is -4.64. The fourth-order valence-corrected chi connectivity index (χ4v) is 4.65. The first-order valence-electron chi connectivity index (χ1n) is 8.65. The SMILES string of the molecule is CC(C)OP(=O)(OC(C)C)C(NC(=O)OCc1ccccc1)(C(F)(F)F)C(F)(F)F. The van der Waals surface area contributed by atoms with E-state index in [2.05, 4.69) is 13.8 Å². The van der Waals surface area contributed by atoms with Gasteiger partial charge < -0.3 is 13.8 Å². The van der Waals surface area contributed by atoms with Crippen molar-refractivity contribution in [2.45, 2.75) is 64.1 Å². The molecule has 6 nitrogen and oxygen atoms in total. The summed E-state index contributed by atoms with van der Waals surface area (Å²) in [6.45, 7) is 3.66. The summed E-state index contributed by atoms with van der Waals surface area (Å²) in [6.07, 6.45) is -17.4. The highest BCUT2D eigenvalue weighted by atomic mass is 31.2. The maximum absolute atomic E-state index is 13.9. The van der Waals surface area contributed by atoms with Gasteiger partial charge in [0.25, 0.3) is 0 Å². The predicted octanol–water partition coefficient (Wildman–Crippen LogP) is 5.78. The van der Waals surface area contributed by atoms with Gasteiger partial charge in [0, 0.05) is 0 Å². The molecule has 0 saturated heterocycles. The Balaban J connectivity index is 3.45. The lowest BCUT2D eigenvalue weighted by Gasteiger charge is -2.42. The summed E-state index contributed by atoms with van der Waals surface area (Å²) in [4.78, 5) is 12.0. The highest BCUT2D eigenvalue weighted by Crippen LogP contribution is 2.70. The number of carbonyl (C=O) groups is 1. The molecule has 0 aliphatic heterocycles. The lowest BCUT2D eigenvalue weighted by atomic mass is 10.2. The number of alkyl halides is 6. The number of rotatable bonds is 8. The average Bonchev–Trinajstić information content (AvgIpc) is 2.54. The molecule has 0 fully saturated rings. The molecule has 1 aromatic rings. The summed E-state index contributed by atoms with van der Waals surface area (Å²) in [6, 6.07) is 7.51. The third kappa shape index (κ3) is 5.89. The van der Waals surface area contributed by atoms with Gasteiger partial charge in [0.15, 0.2) is 0 Å². The zero-order valence-electron chi connectivity index (χ0n) is 16.5. The summed E-state index contributed by atoms with van der Waals surface area (Å²) in [5.74, 6) is 0. The Morgan fingerprint density at radius 3 is 1.73 bits per heavy atom. The smallest absolute Gasteiger partial charge is 0.432 e. The van der Waals surface area contributed by atoms with E-state index in [4.69, 9.17) is 0 Å². The largest absolute Gasteiger partial charge is 0.445 e. The molecule has 0 aliphatic carbocycles. The molecule has 0 atom stereocenters. The predicted molar refractivity (Wildman–Crippen MR) is 94.7 cm³/mol. The molecule has 172 valence electrons. The van der Waals surface area contributed by atoms with Gasteiger partial charge in [-0.3, -0.25) is 9.88 Å². The molecule has 30 heavy (non-hydrogen) atoms. The molecule has 1 aromatic carbocycles. The minimum atomic E-state index is -6.31. The average molecular weight is 465 g/mol. The Morgan fingerprint density at radius 2 is 1.37 bits per heavy atom. The molecule has 0 aromatic heterocycles. The van der Waals surface area contributed by atoms with Gasteiger partial charge in [-0.05, 0) is 33.3 Å². The quantitative estimate of drug-likeness (QED) is 0.390. The lowest BCUT2D eigenvalue weighted by Crippen LogP contribution is -2.67. The molecule has 0 aliphatic rings. The number of hydrogen-bond donors (Lipinski definition) is 1. The first-order chi connectivity index (χ1) is 13.6. The Labute approximate surface area is 169 Å². The Hall–Kier alpha value is -1.78. The first-order valence-corrected chi connectivity index (χ1v) is 10.2. The molecule has 1 amide bonds. The molecule has 13 heteroatoms.